The van der Waals surface area contributed by atoms with Crippen LogP contribution in [-0.2, 0) is 9.59 Å². The highest BCUT2D eigenvalue weighted by Crippen LogP contribution is 2.50. The van der Waals surface area contributed by atoms with Gasteiger partial charge in [-0.1, -0.05) is 29.8 Å². The molecule has 2 aromatic rings. The van der Waals surface area contributed by atoms with Gasteiger partial charge >= 0.3 is 0 Å². The van der Waals surface area contributed by atoms with Crippen LogP contribution in [0.25, 0.3) is 0 Å². The average Bonchev–Trinajstić information content (AvgIpc) is 3.03. The lowest BCUT2D eigenvalue weighted by atomic mass is 9.63. The number of allylic oxidation sites excluding steroid dienone is 2. The molecule has 4 atom stereocenters. The normalized spacial score (nSPS) is 26.8. The van der Waals surface area contributed by atoms with Gasteiger partial charge in [0.1, 0.15) is 0 Å². The first-order valence-electron chi connectivity index (χ1n) is 10.5. The van der Waals surface area contributed by atoms with E-state index < -0.39 is 0 Å². The Morgan fingerprint density at radius 1 is 0.900 bits per heavy atom. The Hall–Kier alpha value is -3.21. The number of rotatable bonds is 3. The summed E-state index contributed by atoms with van der Waals surface area (Å²) < 4.78 is 0. The molecule has 30 heavy (non-hydrogen) atoms. The molecule has 1 heterocycles. The predicted molar refractivity (Wildman–Crippen MR) is 115 cm³/mol. The molecule has 1 saturated heterocycles. The van der Waals surface area contributed by atoms with Crippen LogP contribution in [0.4, 0.5) is 11.4 Å². The number of imide groups is 1. The summed E-state index contributed by atoms with van der Waals surface area (Å²) in [7, 11) is 0. The molecule has 0 aromatic heterocycles. The van der Waals surface area contributed by atoms with E-state index in [1.165, 1.54) is 4.90 Å². The zero-order valence-electron chi connectivity index (χ0n) is 17.1. The van der Waals surface area contributed by atoms with Crippen molar-refractivity contribution in [2.24, 2.45) is 23.7 Å². The summed E-state index contributed by atoms with van der Waals surface area (Å²) in [6.45, 7) is 3.97. The van der Waals surface area contributed by atoms with Crippen LogP contribution in [-0.4, -0.2) is 17.7 Å². The standard InChI is InChI=1S/C25H24N2O3/c1-14-3-12-20(15(2)13-14)26-23(28)18-8-10-19(11-9-18)27-24(29)21-16-4-5-17(7-6-16)22(21)25(27)30/h3-5,8-13,16-17,21-22H,6-7H2,1-2H3,(H,26,28). The lowest BCUT2D eigenvalue weighted by Crippen LogP contribution is -2.38. The highest BCUT2D eigenvalue weighted by molar-refractivity contribution is 6.22. The summed E-state index contributed by atoms with van der Waals surface area (Å²) in [5, 5.41) is 2.93. The maximum atomic E-state index is 13.1. The summed E-state index contributed by atoms with van der Waals surface area (Å²) in [5.41, 5.74) is 3.93. The number of carbonyl (C=O) groups is 3. The molecule has 152 valence electrons. The third-order valence-corrected chi connectivity index (χ3v) is 6.78. The number of hydrogen-bond donors (Lipinski definition) is 1. The van der Waals surface area contributed by atoms with E-state index in [-0.39, 0.29) is 41.4 Å². The molecule has 1 saturated carbocycles. The van der Waals surface area contributed by atoms with Gasteiger partial charge in [0.2, 0.25) is 11.8 Å². The van der Waals surface area contributed by atoms with Gasteiger partial charge in [0, 0.05) is 11.3 Å². The number of hydrogen-bond acceptors (Lipinski definition) is 3. The fraction of sp³-hybridized carbons (Fsp3) is 0.320. The van der Waals surface area contributed by atoms with Crippen LogP contribution in [0.15, 0.2) is 54.6 Å². The minimum Gasteiger partial charge on any atom is -0.322 e. The molecule has 5 nitrogen and oxygen atoms in total. The number of aryl methyl sites for hydroxylation is 2. The van der Waals surface area contributed by atoms with Crippen molar-refractivity contribution in [3.8, 4) is 0 Å². The van der Waals surface area contributed by atoms with E-state index >= 15 is 0 Å². The van der Waals surface area contributed by atoms with Crippen molar-refractivity contribution >= 4 is 29.1 Å². The van der Waals surface area contributed by atoms with Gasteiger partial charge in [0.15, 0.2) is 0 Å². The molecular formula is C25H24N2O3. The quantitative estimate of drug-likeness (QED) is 0.618. The lowest BCUT2D eigenvalue weighted by Gasteiger charge is -2.38. The van der Waals surface area contributed by atoms with Crippen LogP contribution in [0.5, 0.6) is 0 Å². The Morgan fingerprint density at radius 2 is 1.50 bits per heavy atom. The minimum absolute atomic E-state index is 0.100. The van der Waals surface area contributed by atoms with Crippen LogP contribution >= 0.6 is 0 Å². The maximum absolute atomic E-state index is 13.1. The van der Waals surface area contributed by atoms with Gasteiger partial charge in [-0.3, -0.25) is 19.3 Å². The molecule has 5 heteroatoms. The van der Waals surface area contributed by atoms with Gasteiger partial charge in [0.25, 0.3) is 5.91 Å². The summed E-state index contributed by atoms with van der Waals surface area (Å²) in [4.78, 5) is 40.1. The summed E-state index contributed by atoms with van der Waals surface area (Å²) in [5.74, 6) is -0.535. The molecule has 1 aliphatic heterocycles. The molecule has 2 bridgehead atoms. The average molecular weight is 400 g/mol. The molecule has 2 fully saturated rings. The molecular weight excluding hydrogens is 376 g/mol. The fourth-order valence-corrected chi connectivity index (χ4v) is 5.24. The van der Waals surface area contributed by atoms with Gasteiger partial charge in [0.05, 0.1) is 17.5 Å². The number of nitrogens with one attached hydrogen (secondary N) is 1. The summed E-state index contributed by atoms with van der Waals surface area (Å²) >= 11 is 0. The van der Waals surface area contributed by atoms with Gasteiger partial charge in [-0.25, -0.2) is 0 Å². The van der Waals surface area contributed by atoms with Crippen molar-refractivity contribution in [3.05, 3.63) is 71.3 Å². The number of anilines is 2. The first-order chi connectivity index (χ1) is 14.4. The van der Waals surface area contributed by atoms with E-state index in [1.807, 2.05) is 32.0 Å². The van der Waals surface area contributed by atoms with Crippen LogP contribution in [0.3, 0.4) is 0 Å². The molecule has 4 unspecified atom stereocenters. The van der Waals surface area contributed by atoms with Crippen LogP contribution in [0.2, 0.25) is 0 Å². The first-order valence-corrected chi connectivity index (χ1v) is 10.5. The Morgan fingerprint density at radius 3 is 2.03 bits per heavy atom. The maximum Gasteiger partial charge on any atom is 0.255 e. The second-order valence-corrected chi connectivity index (χ2v) is 8.67. The van der Waals surface area contributed by atoms with Crippen molar-refractivity contribution in [3.63, 3.8) is 0 Å². The molecule has 1 N–H and O–H groups in total. The van der Waals surface area contributed by atoms with E-state index in [0.29, 0.717) is 11.3 Å². The van der Waals surface area contributed by atoms with Crippen LogP contribution < -0.4 is 10.2 Å². The van der Waals surface area contributed by atoms with E-state index in [1.54, 1.807) is 24.3 Å². The van der Waals surface area contributed by atoms with Crippen molar-refractivity contribution < 1.29 is 14.4 Å². The molecule has 0 spiro atoms. The summed E-state index contributed by atoms with van der Waals surface area (Å²) in [6, 6.07) is 12.6. The number of nitrogens with zero attached hydrogens (tertiary/aromatic N) is 1. The van der Waals surface area contributed by atoms with Crippen LogP contribution in [0.1, 0.15) is 34.3 Å². The van der Waals surface area contributed by atoms with Gasteiger partial charge in [-0.2, -0.15) is 0 Å². The Labute approximate surface area is 175 Å². The Bertz CT molecular complexity index is 1050. The molecule has 6 rings (SSSR count). The zero-order chi connectivity index (χ0) is 21.0. The third kappa shape index (κ3) is 2.88. The first kappa shape index (κ1) is 18.8. The Kier molecular flexibility index (Phi) is 4.35. The molecule has 3 amide bonds. The van der Waals surface area contributed by atoms with Crippen molar-refractivity contribution in [1.82, 2.24) is 0 Å². The molecule has 2 aromatic carbocycles. The Balaban J connectivity index is 1.36. The van der Waals surface area contributed by atoms with Crippen molar-refractivity contribution in [2.75, 3.05) is 10.2 Å². The number of carbonyl (C=O) groups excluding carboxylic acids is 3. The second kappa shape index (κ2) is 6.94. The van der Waals surface area contributed by atoms with E-state index in [9.17, 15) is 14.4 Å². The number of fused-ring (bicyclic) bond motifs is 1. The minimum atomic E-state index is -0.228. The second-order valence-electron chi connectivity index (χ2n) is 8.67. The topological polar surface area (TPSA) is 66.5 Å². The highest BCUT2D eigenvalue weighted by Gasteiger charge is 2.56. The lowest BCUT2D eigenvalue weighted by molar-refractivity contribution is -0.124. The van der Waals surface area contributed by atoms with Crippen LogP contribution in [0, 0.1) is 37.5 Å². The van der Waals surface area contributed by atoms with E-state index in [2.05, 4.69) is 17.5 Å². The fourth-order valence-electron chi connectivity index (χ4n) is 5.24. The largest absolute Gasteiger partial charge is 0.322 e. The van der Waals surface area contributed by atoms with Gasteiger partial charge in [-0.05, 0) is 74.4 Å². The van der Waals surface area contributed by atoms with E-state index in [4.69, 9.17) is 0 Å². The summed E-state index contributed by atoms with van der Waals surface area (Å²) in [6.07, 6.45) is 6.19. The van der Waals surface area contributed by atoms with Gasteiger partial charge < -0.3 is 5.32 Å². The van der Waals surface area contributed by atoms with Gasteiger partial charge in [-0.15, -0.1) is 0 Å². The molecule has 3 aliphatic carbocycles. The van der Waals surface area contributed by atoms with Crippen molar-refractivity contribution in [2.45, 2.75) is 26.7 Å². The zero-order valence-corrected chi connectivity index (χ0v) is 17.1. The van der Waals surface area contributed by atoms with E-state index in [0.717, 1.165) is 29.7 Å². The third-order valence-electron chi connectivity index (χ3n) is 6.78. The predicted octanol–water partition coefficient (Wildman–Crippen LogP) is 4.26. The van der Waals surface area contributed by atoms with Crippen molar-refractivity contribution in [1.29, 1.82) is 0 Å². The number of amides is 3. The smallest absolute Gasteiger partial charge is 0.255 e. The molecule has 0 radical (unpaired) electrons. The monoisotopic (exact) mass is 400 g/mol. The number of benzene rings is 2. The SMILES string of the molecule is Cc1ccc(NC(=O)c2ccc(N3C(=O)C4C5C=CC(CC5)C4C3=O)cc2)c(C)c1. The molecule has 4 aliphatic rings. The highest BCUT2D eigenvalue weighted by atomic mass is 16.2.